The molecule has 0 aliphatic carbocycles. The molecule has 1 aromatic carbocycles. The molecule has 17 heavy (non-hydrogen) atoms. The number of amides is 1. The fraction of sp³-hybridized carbons (Fsp3) is 0.462. The first-order valence-electron chi connectivity index (χ1n) is 6.10. The summed E-state index contributed by atoms with van der Waals surface area (Å²) in [5.74, 6) is -0.140. The zero-order valence-electron chi connectivity index (χ0n) is 9.98. The molecule has 3 N–H and O–H groups in total. The Labute approximate surface area is 102 Å². The van der Waals surface area contributed by atoms with Crippen LogP contribution < -0.4 is 11.1 Å². The number of likely N-dealkylation sites (tertiary alicyclic amines) is 1. The lowest BCUT2D eigenvalue weighted by Gasteiger charge is -2.17. The summed E-state index contributed by atoms with van der Waals surface area (Å²) in [5.41, 5.74) is 7.36. The standard InChI is InChI=1S/C13H19N3O/c14-9-13(17)15-12-6-2-1-5-11(12)10-16-7-3-4-8-16/h1-2,5-6H,3-4,7-10,14H2,(H,15,17). The van der Waals surface area contributed by atoms with Gasteiger partial charge >= 0.3 is 0 Å². The van der Waals surface area contributed by atoms with Crippen molar-refractivity contribution in [3.8, 4) is 0 Å². The van der Waals surface area contributed by atoms with Crippen LogP contribution in [0.3, 0.4) is 0 Å². The van der Waals surface area contributed by atoms with Gasteiger partial charge < -0.3 is 11.1 Å². The molecule has 0 spiro atoms. The van der Waals surface area contributed by atoms with Crippen molar-refractivity contribution in [1.82, 2.24) is 4.90 Å². The summed E-state index contributed by atoms with van der Waals surface area (Å²) in [6, 6.07) is 7.92. The van der Waals surface area contributed by atoms with Crippen molar-refractivity contribution in [2.24, 2.45) is 5.73 Å². The van der Waals surface area contributed by atoms with Crippen LogP contribution in [0.2, 0.25) is 0 Å². The van der Waals surface area contributed by atoms with E-state index in [-0.39, 0.29) is 12.5 Å². The lowest BCUT2D eigenvalue weighted by atomic mass is 10.1. The minimum atomic E-state index is -0.140. The molecular weight excluding hydrogens is 214 g/mol. The normalized spacial score (nSPS) is 16.1. The molecule has 1 aliphatic rings. The Morgan fingerprint density at radius 1 is 1.29 bits per heavy atom. The first kappa shape index (κ1) is 12.1. The summed E-state index contributed by atoms with van der Waals surface area (Å²) in [5, 5.41) is 2.84. The van der Waals surface area contributed by atoms with Gasteiger partial charge in [-0.25, -0.2) is 0 Å². The maximum atomic E-state index is 11.3. The number of carbonyl (C=O) groups excluding carboxylic acids is 1. The molecule has 1 aliphatic heterocycles. The third-order valence-electron chi connectivity index (χ3n) is 3.07. The zero-order chi connectivity index (χ0) is 12.1. The van der Waals surface area contributed by atoms with Crippen LogP contribution in [-0.4, -0.2) is 30.4 Å². The predicted octanol–water partition coefficient (Wildman–Crippen LogP) is 1.18. The van der Waals surface area contributed by atoms with Crippen LogP contribution in [-0.2, 0) is 11.3 Å². The highest BCUT2D eigenvalue weighted by Gasteiger charge is 2.13. The van der Waals surface area contributed by atoms with E-state index in [0.29, 0.717) is 0 Å². The largest absolute Gasteiger partial charge is 0.325 e. The summed E-state index contributed by atoms with van der Waals surface area (Å²) >= 11 is 0. The van der Waals surface area contributed by atoms with Crippen molar-refractivity contribution < 1.29 is 4.79 Å². The van der Waals surface area contributed by atoms with Crippen LogP contribution in [0.5, 0.6) is 0 Å². The Morgan fingerprint density at radius 2 is 2.00 bits per heavy atom. The van der Waals surface area contributed by atoms with Gasteiger partial charge in [0.05, 0.1) is 6.54 Å². The van der Waals surface area contributed by atoms with Gasteiger partial charge in [0, 0.05) is 12.2 Å². The van der Waals surface area contributed by atoms with Crippen LogP contribution >= 0.6 is 0 Å². The molecule has 0 unspecified atom stereocenters. The first-order chi connectivity index (χ1) is 8.29. The Morgan fingerprint density at radius 3 is 2.71 bits per heavy atom. The summed E-state index contributed by atoms with van der Waals surface area (Å²) < 4.78 is 0. The number of hydrogen-bond donors (Lipinski definition) is 2. The third-order valence-corrected chi connectivity index (χ3v) is 3.07. The molecule has 1 fully saturated rings. The van der Waals surface area contributed by atoms with E-state index >= 15 is 0 Å². The number of anilines is 1. The van der Waals surface area contributed by atoms with E-state index in [2.05, 4.69) is 16.3 Å². The average molecular weight is 233 g/mol. The van der Waals surface area contributed by atoms with Crippen LogP contribution in [0, 0.1) is 0 Å². The van der Waals surface area contributed by atoms with Gasteiger partial charge in [-0.1, -0.05) is 18.2 Å². The summed E-state index contributed by atoms with van der Waals surface area (Å²) in [6.45, 7) is 3.23. The minimum Gasteiger partial charge on any atom is -0.325 e. The maximum Gasteiger partial charge on any atom is 0.238 e. The number of hydrogen-bond acceptors (Lipinski definition) is 3. The van der Waals surface area contributed by atoms with Crippen LogP contribution in [0.4, 0.5) is 5.69 Å². The second-order valence-corrected chi connectivity index (χ2v) is 4.39. The monoisotopic (exact) mass is 233 g/mol. The summed E-state index contributed by atoms with van der Waals surface area (Å²) in [6.07, 6.45) is 2.55. The van der Waals surface area contributed by atoms with E-state index in [1.165, 1.54) is 12.8 Å². The Kier molecular flexibility index (Phi) is 4.12. The molecule has 0 aromatic heterocycles. The molecule has 1 heterocycles. The lowest BCUT2D eigenvalue weighted by Crippen LogP contribution is -2.24. The van der Waals surface area contributed by atoms with E-state index in [0.717, 1.165) is 30.9 Å². The van der Waals surface area contributed by atoms with Crippen molar-refractivity contribution in [3.05, 3.63) is 29.8 Å². The van der Waals surface area contributed by atoms with Crippen molar-refractivity contribution in [1.29, 1.82) is 0 Å². The Hall–Kier alpha value is -1.39. The van der Waals surface area contributed by atoms with Gasteiger partial charge in [0.15, 0.2) is 0 Å². The van der Waals surface area contributed by atoms with Gasteiger partial charge in [0.2, 0.25) is 5.91 Å². The molecule has 2 rings (SSSR count). The number of para-hydroxylation sites is 1. The SMILES string of the molecule is NCC(=O)Nc1ccccc1CN1CCCC1. The molecular formula is C13H19N3O. The van der Waals surface area contributed by atoms with Gasteiger partial charge in [-0.05, 0) is 37.6 Å². The zero-order valence-corrected chi connectivity index (χ0v) is 9.98. The molecule has 0 bridgehead atoms. The Bertz CT molecular complexity index is 386. The van der Waals surface area contributed by atoms with Crippen molar-refractivity contribution in [3.63, 3.8) is 0 Å². The predicted molar refractivity (Wildman–Crippen MR) is 68.6 cm³/mol. The second kappa shape index (κ2) is 5.80. The molecule has 4 nitrogen and oxygen atoms in total. The van der Waals surface area contributed by atoms with Crippen LogP contribution in [0.1, 0.15) is 18.4 Å². The molecule has 4 heteroatoms. The quantitative estimate of drug-likeness (QED) is 0.821. The van der Waals surface area contributed by atoms with E-state index in [1.54, 1.807) is 0 Å². The van der Waals surface area contributed by atoms with E-state index in [9.17, 15) is 4.79 Å². The van der Waals surface area contributed by atoms with Gasteiger partial charge in [-0.15, -0.1) is 0 Å². The first-order valence-corrected chi connectivity index (χ1v) is 6.10. The molecule has 1 saturated heterocycles. The van der Waals surface area contributed by atoms with E-state index in [4.69, 9.17) is 5.73 Å². The molecule has 92 valence electrons. The van der Waals surface area contributed by atoms with Gasteiger partial charge in [-0.3, -0.25) is 9.69 Å². The summed E-state index contributed by atoms with van der Waals surface area (Å²) in [4.78, 5) is 13.7. The smallest absolute Gasteiger partial charge is 0.238 e. The highest BCUT2D eigenvalue weighted by molar-refractivity contribution is 5.92. The van der Waals surface area contributed by atoms with Crippen molar-refractivity contribution in [2.45, 2.75) is 19.4 Å². The third kappa shape index (κ3) is 3.28. The average Bonchev–Trinajstić information content (AvgIpc) is 2.84. The van der Waals surface area contributed by atoms with Gasteiger partial charge in [0.1, 0.15) is 0 Å². The lowest BCUT2D eigenvalue weighted by molar-refractivity contribution is -0.114. The Balaban J connectivity index is 2.06. The maximum absolute atomic E-state index is 11.3. The highest BCUT2D eigenvalue weighted by atomic mass is 16.1. The van der Waals surface area contributed by atoms with Gasteiger partial charge in [0.25, 0.3) is 0 Å². The fourth-order valence-electron chi connectivity index (χ4n) is 2.16. The molecule has 1 amide bonds. The number of benzene rings is 1. The van der Waals surface area contributed by atoms with E-state index < -0.39 is 0 Å². The molecule has 0 radical (unpaired) electrons. The minimum absolute atomic E-state index is 0.0258. The van der Waals surface area contributed by atoms with Crippen LogP contribution in [0.25, 0.3) is 0 Å². The van der Waals surface area contributed by atoms with Crippen LogP contribution in [0.15, 0.2) is 24.3 Å². The highest BCUT2D eigenvalue weighted by Crippen LogP contribution is 2.19. The molecule has 1 aromatic rings. The summed E-state index contributed by atoms with van der Waals surface area (Å²) in [7, 11) is 0. The fourth-order valence-corrected chi connectivity index (χ4v) is 2.16. The second-order valence-electron chi connectivity index (χ2n) is 4.39. The number of nitrogens with one attached hydrogen (secondary N) is 1. The number of rotatable bonds is 4. The van der Waals surface area contributed by atoms with E-state index in [1.807, 2.05) is 18.2 Å². The molecule has 0 saturated carbocycles. The van der Waals surface area contributed by atoms with Crippen molar-refractivity contribution in [2.75, 3.05) is 25.0 Å². The van der Waals surface area contributed by atoms with Crippen molar-refractivity contribution >= 4 is 11.6 Å². The number of nitrogens with two attached hydrogens (primary N) is 1. The number of carbonyl (C=O) groups is 1. The van der Waals surface area contributed by atoms with Gasteiger partial charge in [-0.2, -0.15) is 0 Å². The number of nitrogens with zero attached hydrogens (tertiary/aromatic N) is 1. The molecule has 0 atom stereocenters. The topological polar surface area (TPSA) is 58.4 Å².